The summed E-state index contributed by atoms with van der Waals surface area (Å²) in [7, 11) is -3.65. The van der Waals surface area contributed by atoms with Crippen LogP contribution < -0.4 is 25.8 Å². The van der Waals surface area contributed by atoms with Gasteiger partial charge in [0.05, 0.1) is 18.8 Å². The lowest BCUT2D eigenvalue weighted by Crippen LogP contribution is -2.44. The molecule has 0 bridgehead atoms. The number of nitrogens with one attached hydrogen (secondary N) is 4. The van der Waals surface area contributed by atoms with Gasteiger partial charge in [0.1, 0.15) is 11.5 Å². The van der Waals surface area contributed by atoms with E-state index in [1.807, 2.05) is 0 Å². The van der Waals surface area contributed by atoms with Crippen LogP contribution in [0.5, 0.6) is 5.88 Å². The largest absolute Gasteiger partial charge is 0.475 e. The zero-order valence-electron chi connectivity index (χ0n) is 17.9. The monoisotopic (exact) mass is 459 g/mol. The Morgan fingerprint density at radius 2 is 1.97 bits per heavy atom. The second-order valence-corrected chi connectivity index (χ2v) is 10.3. The molecule has 2 atom stereocenters. The molecule has 2 amide bonds. The van der Waals surface area contributed by atoms with Gasteiger partial charge in [-0.1, -0.05) is 6.07 Å². The van der Waals surface area contributed by atoms with Crippen molar-refractivity contribution in [1.82, 2.24) is 19.8 Å². The van der Waals surface area contributed by atoms with Gasteiger partial charge < -0.3 is 21.1 Å². The van der Waals surface area contributed by atoms with Gasteiger partial charge in [-0.15, -0.1) is 0 Å². The third-order valence-electron chi connectivity index (χ3n) is 6.41. The zero-order chi connectivity index (χ0) is 22.3. The molecule has 1 aromatic heterocycles. The van der Waals surface area contributed by atoms with Crippen molar-refractivity contribution < 1.29 is 13.7 Å². The lowest BCUT2D eigenvalue weighted by Gasteiger charge is -2.25. The molecule has 0 fully saturated rings. The first kappa shape index (κ1) is 21.2. The van der Waals surface area contributed by atoms with Crippen molar-refractivity contribution in [2.24, 2.45) is 5.73 Å². The highest BCUT2D eigenvalue weighted by Gasteiger charge is 2.30. The van der Waals surface area contributed by atoms with E-state index in [2.05, 4.69) is 26.5 Å². The minimum absolute atomic E-state index is 0.0270. The Bertz CT molecular complexity index is 1130. The average molecular weight is 460 g/mol. The summed E-state index contributed by atoms with van der Waals surface area (Å²) < 4.78 is 31.2. The van der Waals surface area contributed by atoms with E-state index < -0.39 is 15.9 Å². The number of nitrogens with zero attached hydrogens (tertiary/aromatic N) is 2. The maximum atomic E-state index is 13.2. The average Bonchev–Trinajstić information content (AvgIpc) is 3.50. The molecule has 172 valence electrons. The van der Waals surface area contributed by atoms with Crippen molar-refractivity contribution in [1.29, 1.82) is 4.78 Å². The van der Waals surface area contributed by atoms with E-state index >= 15 is 0 Å². The Balaban J connectivity index is 1.33. The molecule has 0 radical (unpaired) electrons. The predicted octanol–water partition coefficient (Wildman–Crippen LogP) is 1.31. The Kier molecular flexibility index (Phi) is 5.56. The highest BCUT2D eigenvalue weighted by molar-refractivity contribution is 7.91. The van der Waals surface area contributed by atoms with Gasteiger partial charge in [0.25, 0.3) is 0 Å². The molecule has 6 N–H and O–H groups in total. The van der Waals surface area contributed by atoms with Crippen molar-refractivity contribution >= 4 is 21.6 Å². The van der Waals surface area contributed by atoms with E-state index in [0.29, 0.717) is 26.2 Å². The van der Waals surface area contributed by atoms with Crippen LogP contribution in [-0.4, -0.2) is 45.8 Å². The summed E-state index contributed by atoms with van der Waals surface area (Å²) in [5.41, 5.74) is 11.3. The Morgan fingerprint density at radius 3 is 2.66 bits per heavy atom. The number of aryl methyl sites for hydroxylation is 2. The number of benzene rings is 1. The first-order chi connectivity index (χ1) is 15.5. The molecule has 11 heteroatoms. The van der Waals surface area contributed by atoms with Crippen molar-refractivity contribution in [3.8, 4) is 5.88 Å². The van der Waals surface area contributed by atoms with Crippen LogP contribution in [-0.2, 0) is 42.1 Å². The summed E-state index contributed by atoms with van der Waals surface area (Å²) in [5.74, 6) is 0.262. The van der Waals surface area contributed by atoms with E-state index in [-0.39, 0.29) is 16.8 Å². The van der Waals surface area contributed by atoms with Crippen molar-refractivity contribution in [3.05, 3.63) is 34.5 Å². The van der Waals surface area contributed by atoms with E-state index in [9.17, 15) is 9.00 Å². The topological polar surface area (TPSA) is 147 Å². The highest BCUT2D eigenvalue weighted by atomic mass is 32.2. The summed E-state index contributed by atoms with van der Waals surface area (Å²) in [6.45, 7) is 2.03. The van der Waals surface area contributed by atoms with Gasteiger partial charge in [-0.3, -0.25) is 0 Å². The third kappa shape index (κ3) is 3.84. The summed E-state index contributed by atoms with van der Waals surface area (Å²) >= 11 is 0. The summed E-state index contributed by atoms with van der Waals surface area (Å²) in [5, 5.41) is 10.4. The molecular weight excluding hydrogens is 430 g/mol. The van der Waals surface area contributed by atoms with Gasteiger partial charge >= 0.3 is 6.03 Å². The quantitative estimate of drug-likeness (QED) is 0.440. The fraction of sp³-hybridized carbons (Fsp3) is 0.524. The summed E-state index contributed by atoms with van der Waals surface area (Å²) in [6.07, 6.45) is 7.39. The fourth-order valence-electron chi connectivity index (χ4n) is 4.97. The number of urea groups is 1. The second kappa shape index (κ2) is 8.38. The molecule has 0 saturated carbocycles. The van der Waals surface area contributed by atoms with Crippen LogP contribution in [0.3, 0.4) is 0 Å². The first-order valence-electron chi connectivity index (χ1n) is 11.1. The Morgan fingerprint density at radius 1 is 1.25 bits per heavy atom. The molecule has 1 aromatic carbocycles. The maximum absolute atomic E-state index is 13.2. The van der Waals surface area contributed by atoms with E-state index in [4.69, 9.17) is 15.3 Å². The van der Waals surface area contributed by atoms with Gasteiger partial charge in [-0.25, -0.2) is 23.2 Å². The SMILES string of the molecule is N=S(=O)(NC(=O)Nc1c2c(cc3c1CCC3)CCC2)c1cnn2c1OCC(NCCN)C2. The van der Waals surface area contributed by atoms with Gasteiger partial charge in [0.2, 0.25) is 5.88 Å². The molecule has 1 aliphatic heterocycles. The van der Waals surface area contributed by atoms with Gasteiger partial charge in [0, 0.05) is 18.8 Å². The number of hydrogen-bond acceptors (Lipinski definition) is 7. The summed E-state index contributed by atoms with van der Waals surface area (Å²) in [6, 6.07) is 1.67. The number of carbonyl (C=O) groups is 1. The number of amides is 2. The Labute approximate surface area is 187 Å². The standard InChI is InChI=1S/C21H29N7O3S/c22-7-8-24-15-11-28-20(31-12-15)18(10-25-28)32(23,30)27-21(29)26-19-16-5-1-3-13(16)9-14-4-2-6-17(14)19/h9-10,15,24H,1-8,11-12,22H2,(H3,23,26,27,29,30). The maximum Gasteiger partial charge on any atom is 0.331 e. The molecule has 2 aromatic rings. The number of aromatic nitrogens is 2. The number of nitrogens with two attached hydrogens (primary N) is 1. The predicted molar refractivity (Wildman–Crippen MR) is 120 cm³/mol. The smallest absolute Gasteiger partial charge is 0.331 e. The fourth-order valence-corrected chi connectivity index (χ4v) is 6.00. The molecule has 2 heterocycles. The van der Waals surface area contributed by atoms with Gasteiger partial charge in [0.15, 0.2) is 9.92 Å². The van der Waals surface area contributed by atoms with Crippen molar-refractivity contribution in [2.45, 2.75) is 56.0 Å². The molecule has 2 unspecified atom stereocenters. The molecule has 32 heavy (non-hydrogen) atoms. The molecule has 0 spiro atoms. The molecule has 3 aliphatic rings. The molecule has 0 saturated heterocycles. The molecule has 5 rings (SSSR count). The zero-order valence-corrected chi connectivity index (χ0v) is 18.7. The van der Waals surface area contributed by atoms with Crippen LogP contribution in [0.1, 0.15) is 35.1 Å². The Hall–Kier alpha value is -2.63. The molecular formula is C21H29N7O3S. The number of carbonyl (C=O) groups excluding carboxylic acids is 1. The van der Waals surface area contributed by atoms with E-state index in [0.717, 1.165) is 44.2 Å². The van der Waals surface area contributed by atoms with Crippen LogP contribution in [0.25, 0.3) is 0 Å². The van der Waals surface area contributed by atoms with Crippen LogP contribution >= 0.6 is 0 Å². The highest BCUT2D eigenvalue weighted by Crippen LogP contribution is 2.38. The van der Waals surface area contributed by atoms with Gasteiger partial charge in [-0.2, -0.15) is 5.10 Å². The van der Waals surface area contributed by atoms with Crippen LogP contribution in [0.15, 0.2) is 17.2 Å². The summed E-state index contributed by atoms with van der Waals surface area (Å²) in [4.78, 5) is 12.9. The number of hydrogen-bond donors (Lipinski definition) is 5. The first-order valence-corrected chi connectivity index (χ1v) is 12.7. The normalized spacial score (nSPS) is 20.6. The van der Waals surface area contributed by atoms with Crippen molar-refractivity contribution in [2.75, 3.05) is 25.0 Å². The van der Waals surface area contributed by atoms with Crippen LogP contribution in [0, 0.1) is 4.78 Å². The van der Waals surface area contributed by atoms with Crippen LogP contribution in [0.2, 0.25) is 0 Å². The lowest BCUT2D eigenvalue weighted by molar-refractivity contribution is 0.180. The van der Waals surface area contributed by atoms with Crippen LogP contribution in [0.4, 0.5) is 10.5 Å². The van der Waals surface area contributed by atoms with E-state index in [1.54, 1.807) is 4.68 Å². The minimum atomic E-state index is -3.65. The number of anilines is 1. The van der Waals surface area contributed by atoms with Gasteiger partial charge in [-0.05, 0) is 60.8 Å². The number of rotatable bonds is 6. The molecule has 10 nitrogen and oxygen atoms in total. The third-order valence-corrected chi connectivity index (χ3v) is 7.78. The number of fused-ring (bicyclic) bond motifs is 3. The minimum Gasteiger partial charge on any atom is -0.475 e. The lowest BCUT2D eigenvalue weighted by atomic mass is 9.99. The second-order valence-electron chi connectivity index (χ2n) is 8.59. The van der Waals surface area contributed by atoms with E-state index in [1.165, 1.54) is 28.5 Å². The molecule has 2 aliphatic carbocycles. The number of ether oxygens (including phenoxy) is 1. The van der Waals surface area contributed by atoms with Crippen molar-refractivity contribution in [3.63, 3.8) is 0 Å².